The summed E-state index contributed by atoms with van der Waals surface area (Å²) < 4.78 is 32.7. The largest absolute Gasteiger partial charge is 0.494 e. The SMILES string of the molecule is CCCCCOc1ccc(S(=O)(=O)N2CCC(C(C)N)CC2)cc1. The van der Waals surface area contributed by atoms with Gasteiger partial charge in [-0.25, -0.2) is 8.42 Å². The third kappa shape index (κ3) is 4.94. The molecule has 136 valence electrons. The molecule has 0 aliphatic carbocycles. The van der Waals surface area contributed by atoms with Gasteiger partial charge < -0.3 is 10.5 Å². The van der Waals surface area contributed by atoms with Crippen molar-refractivity contribution in [1.82, 2.24) is 4.31 Å². The van der Waals surface area contributed by atoms with Gasteiger partial charge in [-0.3, -0.25) is 0 Å². The molecule has 0 aromatic heterocycles. The zero-order chi connectivity index (χ0) is 17.6. The molecule has 1 aromatic carbocycles. The molecular formula is C18H30N2O3S. The molecule has 0 amide bonds. The fourth-order valence-corrected chi connectivity index (χ4v) is 4.51. The Kier molecular flexibility index (Phi) is 7.07. The van der Waals surface area contributed by atoms with Gasteiger partial charge in [0.15, 0.2) is 0 Å². The van der Waals surface area contributed by atoms with Crippen molar-refractivity contribution in [3.8, 4) is 5.75 Å². The molecule has 0 spiro atoms. The monoisotopic (exact) mass is 354 g/mol. The standard InChI is InChI=1S/C18H30N2O3S/c1-3-4-5-14-23-17-6-8-18(9-7-17)24(21,22)20-12-10-16(11-13-20)15(2)19/h6-9,15-16H,3-5,10-14,19H2,1-2H3. The van der Waals surface area contributed by atoms with E-state index in [1.54, 1.807) is 28.6 Å². The minimum Gasteiger partial charge on any atom is -0.494 e. The molecule has 1 unspecified atom stereocenters. The van der Waals surface area contributed by atoms with Crippen LogP contribution in [-0.2, 0) is 10.0 Å². The molecule has 0 bridgehead atoms. The number of nitrogens with two attached hydrogens (primary N) is 1. The van der Waals surface area contributed by atoms with Gasteiger partial charge in [0, 0.05) is 19.1 Å². The van der Waals surface area contributed by atoms with Gasteiger partial charge in [-0.2, -0.15) is 4.31 Å². The second-order valence-corrected chi connectivity index (χ2v) is 8.57. The van der Waals surface area contributed by atoms with E-state index >= 15 is 0 Å². The second kappa shape index (κ2) is 8.83. The highest BCUT2D eigenvalue weighted by Gasteiger charge is 2.30. The molecule has 1 fully saturated rings. The van der Waals surface area contributed by atoms with Crippen molar-refractivity contribution in [1.29, 1.82) is 0 Å². The lowest BCUT2D eigenvalue weighted by molar-refractivity contribution is 0.250. The fourth-order valence-electron chi connectivity index (χ4n) is 3.04. The normalized spacial score (nSPS) is 18.5. The first-order chi connectivity index (χ1) is 11.4. The van der Waals surface area contributed by atoms with Crippen LogP contribution in [0.3, 0.4) is 0 Å². The highest BCUT2D eigenvalue weighted by atomic mass is 32.2. The molecule has 0 saturated carbocycles. The summed E-state index contributed by atoms with van der Waals surface area (Å²) in [7, 11) is -3.42. The van der Waals surface area contributed by atoms with Crippen molar-refractivity contribution in [2.75, 3.05) is 19.7 Å². The summed E-state index contributed by atoms with van der Waals surface area (Å²) in [6.45, 7) is 5.91. The zero-order valence-corrected chi connectivity index (χ0v) is 15.6. The van der Waals surface area contributed by atoms with Crippen molar-refractivity contribution >= 4 is 10.0 Å². The van der Waals surface area contributed by atoms with Crippen molar-refractivity contribution < 1.29 is 13.2 Å². The molecular weight excluding hydrogens is 324 g/mol. The van der Waals surface area contributed by atoms with E-state index in [4.69, 9.17) is 10.5 Å². The first-order valence-electron chi connectivity index (χ1n) is 8.93. The maximum atomic E-state index is 12.7. The molecule has 1 saturated heterocycles. The van der Waals surface area contributed by atoms with E-state index < -0.39 is 10.0 Å². The van der Waals surface area contributed by atoms with Crippen LogP contribution < -0.4 is 10.5 Å². The van der Waals surface area contributed by atoms with E-state index in [9.17, 15) is 8.42 Å². The van der Waals surface area contributed by atoms with E-state index in [-0.39, 0.29) is 6.04 Å². The smallest absolute Gasteiger partial charge is 0.243 e. The minimum atomic E-state index is -3.42. The summed E-state index contributed by atoms with van der Waals surface area (Å²) in [4.78, 5) is 0.336. The topological polar surface area (TPSA) is 72.6 Å². The minimum absolute atomic E-state index is 0.124. The van der Waals surface area contributed by atoms with Crippen molar-refractivity contribution in [2.45, 2.75) is 56.9 Å². The number of ether oxygens (including phenoxy) is 1. The number of piperidine rings is 1. The van der Waals surface area contributed by atoms with Gasteiger partial charge in [0.2, 0.25) is 10.0 Å². The molecule has 24 heavy (non-hydrogen) atoms. The Morgan fingerprint density at radius 3 is 2.38 bits per heavy atom. The van der Waals surface area contributed by atoms with Crippen LogP contribution in [0, 0.1) is 5.92 Å². The van der Waals surface area contributed by atoms with Crippen LogP contribution in [0.2, 0.25) is 0 Å². The number of rotatable bonds is 8. The maximum Gasteiger partial charge on any atom is 0.243 e. The first-order valence-corrected chi connectivity index (χ1v) is 10.4. The van der Waals surface area contributed by atoms with Crippen LogP contribution >= 0.6 is 0 Å². The first kappa shape index (κ1) is 19.2. The summed E-state index contributed by atoms with van der Waals surface area (Å²) >= 11 is 0. The Bertz CT molecular complexity index is 591. The number of hydrogen-bond donors (Lipinski definition) is 1. The molecule has 1 aromatic rings. The molecule has 1 aliphatic rings. The van der Waals surface area contributed by atoms with Gasteiger partial charge >= 0.3 is 0 Å². The van der Waals surface area contributed by atoms with E-state index in [1.165, 1.54) is 0 Å². The Balaban J connectivity index is 1.95. The van der Waals surface area contributed by atoms with Crippen molar-refractivity contribution in [3.63, 3.8) is 0 Å². The number of sulfonamides is 1. The van der Waals surface area contributed by atoms with Crippen LogP contribution in [0.5, 0.6) is 5.75 Å². The van der Waals surface area contributed by atoms with Crippen LogP contribution in [-0.4, -0.2) is 38.5 Å². The van der Waals surface area contributed by atoms with Gasteiger partial charge in [-0.05, 0) is 56.4 Å². The predicted octanol–water partition coefficient (Wildman–Crippen LogP) is 3.00. The van der Waals surface area contributed by atoms with Crippen molar-refractivity contribution in [2.24, 2.45) is 11.7 Å². The molecule has 1 heterocycles. The summed E-state index contributed by atoms with van der Waals surface area (Å²) in [6, 6.07) is 6.89. The number of benzene rings is 1. The number of nitrogens with zero attached hydrogens (tertiary/aromatic N) is 1. The van der Waals surface area contributed by atoms with Crippen LogP contribution in [0.4, 0.5) is 0 Å². The summed E-state index contributed by atoms with van der Waals surface area (Å²) in [5.74, 6) is 1.14. The average molecular weight is 355 g/mol. The van der Waals surface area contributed by atoms with Crippen LogP contribution in [0.1, 0.15) is 46.0 Å². The lowest BCUT2D eigenvalue weighted by Crippen LogP contribution is -2.42. The van der Waals surface area contributed by atoms with Gasteiger partial charge in [-0.1, -0.05) is 19.8 Å². The molecule has 6 heteroatoms. The average Bonchev–Trinajstić information content (AvgIpc) is 2.59. The maximum absolute atomic E-state index is 12.7. The lowest BCUT2D eigenvalue weighted by atomic mass is 9.92. The Labute approximate surface area is 146 Å². The highest BCUT2D eigenvalue weighted by Crippen LogP contribution is 2.26. The Hall–Kier alpha value is -1.11. The molecule has 1 aliphatic heterocycles. The second-order valence-electron chi connectivity index (χ2n) is 6.63. The van der Waals surface area contributed by atoms with E-state index in [2.05, 4.69) is 6.92 Å². The summed E-state index contributed by atoms with van der Waals surface area (Å²) in [5.41, 5.74) is 5.93. The molecule has 2 rings (SSSR count). The Morgan fingerprint density at radius 1 is 1.21 bits per heavy atom. The van der Waals surface area contributed by atoms with Crippen LogP contribution in [0.25, 0.3) is 0 Å². The van der Waals surface area contributed by atoms with Gasteiger partial charge in [0.1, 0.15) is 5.75 Å². The zero-order valence-electron chi connectivity index (χ0n) is 14.8. The predicted molar refractivity (Wildman–Crippen MR) is 96.6 cm³/mol. The Morgan fingerprint density at radius 2 is 1.83 bits per heavy atom. The summed E-state index contributed by atoms with van der Waals surface area (Å²) in [6.07, 6.45) is 4.97. The van der Waals surface area contributed by atoms with Gasteiger partial charge in [0.05, 0.1) is 11.5 Å². The molecule has 0 radical (unpaired) electrons. The number of unbranched alkanes of at least 4 members (excludes halogenated alkanes) is 2. The highest BCUT2D eigenvalue weighted by molar-refractivity contribution is 7.89. The molecule has 2 N–H and O–H groups in total. The fraction of sp³-hybridized carbons (Fsp3) is 0.667. The van der Waals surface area contributed by atoms with E-state index in [0.29, 0.717) is 30.5 Å². The number of hydrogen-bond acceptors (Lipinski definition) is 4. The molecule has 1 atom stereocenters. The van der Waals surface area contributed by atoms with Gasteiger partial charge in [-0.15, -0.1) is 0 Å². The van der Waals surface area contributed by atoms with Gasteiger partial charge in [0.25, 0.3) is 0 Å². The quantitative estimate of drug-likeness (QED) is 0.728. The van der Waals surface area contributed by atoms with Crippen molar-refractivity contribution in [3.05, 3.63) is 24.3 Å². The van der Waals surface area contributed by atoms with E-state index in [1.807, 2.05) is 6.92 Å². The summed E-state index contributed by atoms with van der Waals surface area (Å²) in [5, 5.41) is 0. The lowest BCUT2D eigenvalue weighted by Gasteiger charge is -2.32. The molecule has 5 nitrogen and oxygen atoms in total. The third-order valence-corrected chi connectivity index (χ3v) is 6.63. The third-order valence-electron chi connectivity index (χ3n) is 4.72. The van der Waals surface area contributed by atoms with Crippen LogP contribution in [0.15, 0.2) is 29.2 Å². The van der Waals surface area contributed by atoms with E-state index in [0.717, 1.165) is 37.9 Å².